The van der Waals surface area contributed by atoms with Gasteiger partial charge in [-0.15, -0.1) is 0 Å². The maximum atomic E-state index is 12.5. The molecule has 0 spiro atoms. The summed E-state index contributed by atoms with van der Waals surface area (Å²) >= 11 is 0. The van der Waals surface area contributed by atoms with E-state index in [-0.39, 0.29) is 22.9 Å². The molecule has 0 bridgehead atoms. The van der Waals surface area contributed by atoms with Crippen LogP contribution in [0.1, 0.15) is 47.1 Å². The summed E-state index contributed by atoms with van der Waals surface area (Å²) in [4.78, 5) is 40.7. The van der Waals surface area contributed by atoms with E-state index in [2.05, 4.69) is 15.5 Å². The number of nitrogens with one attached hydrogen (secondary N) is 2. The average molecular weight is 453 g/mol. The highest BCUT2D eigenvalue weighted by Gasteiger charge is 2.24. The molecule has 0 saturated carbocycles. The molecule has 33 heavy (non-hydrogen) atoms. The van der Waals surface area contributed by atoms with Crippen LogP contribution in [0.15, 0.2) is 42.5 Å². The minimum Gasteiger partial charge on any atom is -0.478 e. The van der Waals surface area contributed by atoms with Gasteiger partial charge in [0.1, 0.15) is 0 Å². The van der Waals surface area contributed by atoms with Crippen LogP contribution in [0.3, 0.4) is 0 Å². The van der Waals surface area contributed by atoms with E-state index >= 15 is 0 Å². The van der Waals surface area contributed by atoms with Crippen LogP contribution in [0.2, 0.25) is 0 Å². The van der Waals surface area contributed by atoms with Gasteiger partial charge in [-0.2, -0.15) is 0 Å². The van der Waals surface area contributed by atoms with Gasteiger partial charge < -0.3 is 20.6 Å². The number of piperazine rings is 1. The van der Waals surface area contributed by atoms with E-state index in [1.807, 2.05) is 44.7 Å². The molecule has 8 nitrogen and oxygen atoms in total. The first-order chi connectivity index (χ1) is 15.5. The van der Waals surface area contributed by atoms with Crippen LogP contribution in [-0.2, 0) is 4.79 Å². The van der Waals surface area contributed by atoms with Gasteiger partial charge in [0, 0.05) is 43.0 Å². The lowest BCUT2D eigenvalue weighted by molar-refractivity contribution is -0.123. The van der Waals surface area contributed by atoms with E-state index in [4.69, 9.17) is 0 Å². The van der Waals surface area contributed by atoms with Crippen molar-refractivity contribution in [2.24, 2.45) is 0 Å². The lowest BCUT2D eigenvalue weighted by Gasteiger charge is -2.36. The molecular weight excluding hydrogens is 420 g/mol. The van der Waals surface area contributed by atoms with Crippen LogP contribution in [-0.4, -0.2) is 66.1 Å². The second-order valence-corrected chi connectivity index (χ2v) is 9.42. The van der Waals surface area contributed by atoms with Crippen molar-refractivity contribution in [3.63, 3.8) is 0 Å². The number of rotatable bonds is 6. The molecule has 2 amide bonds. The number of hydrogen-bond donors (Lipinski definition) is 3. The van der Waals surface area contributed by atoms with Crippen molar-refractivity contribution in [3.8, 4) is 0 Å². The zero-order chi connectivity index (χ0) is 24.2. The third-order valence-corrected chi connectivity index (χ3v) is 5.39. The van der Waals surface area contributed by atoms with E-state index < -0.39 is 5.97 Å². The molecule has 3 rings (SSSR count). The van der Waals surface area contributed by atoms with Crippen LogP contribution in [0, 0.1) is 6.92 Å². The minimum absolute atomic E-state index is 0.0177. The summed E-state index contributed by atoms with van der Waals surface area (Å²) in [6.45, 7) is 10.6. The van der Waals surface area contributed by atoms with Gasteiger partial charge in [-0.05, 0) is 58.0 Å². The number of benzene rings is 2. The lowest BCUT2D eigenvalue weighted by Crippen LogP contribution is -2.52. The molecule has 2 aromatic rings. The third kappa shape index (κ3) is 6.79. The second-order valence-electron chi connectivity index (χ2n) is 9.42. The lowest BCUT2D eigenvalue weighted by atomic mass is 10.1. The van der Waals surface area contributed by atoms with E-state index in [9.17, 15) is 19.5 Å². The molecule has 2 aromatic carbocycles. The fourth-order valence-electron chi connectivity index (χ4n) is 3.78. The molecule has 1 saturated heterocycles. The number of carboxylic acid groups (broad SMARTS) is 1. The first kappa shape index (κ1) is 24.3. The number of carboxylic acids is 1. The smallest absolute Gasteiger partial charge is 0.337 e. The monoisotopic (exact) mass is 452 g/mol. The van der Waals surface area contributed by atoms with Gasteiger partial charge in [0.05, 0.1) is 17.8 Å². The molecule has 1 aliphatic rings. The predicted octanol–water partition coefficient (Wildman–Crippen LogP) is 2.98. The highest BCUT2D eigenvalue weighted by molar-refractivity contribution is 6.05. The molecule has 0 aromatic heterocycles. The van der Waals surface area contributed by atoms with Gasteiger partial charge in [0.2, 0.25) is 5.91 Å². The third-order valence-electron chi connectivity index (χ3n) is 5.39. The van der Waals surface area contributed by atoms with E-state index in [0.29, 0.717) is 49.7 Å². The highest BCUT2D eigenvalue weighted by Crippen LogP contribution is 2.26. The van der Waals surface area contributed by atoms with Crippen LogP contribution >= 0.6 is 0 Å². The summed E-state index contributed by atoms with van der Waals surface area (Å²) in [6, 6.07) is 12.1. The molecule has 1 aliphatic heterocycles. The number of amides is 2. The van der Waals surface area contributed by atoms with Crippen LogP contribution < -0.4 is 15.5 Å². The summed E-state index contributed by atoms with van der Waals surface area (Å²) in [6.07, 6.45) is 0. The van der Waals surface area contributed by atoms with Crippen LogP contribution in [0.5, 0.6) is 0 Å². The fraction of sp³-hybridized carbons (Fsp3) is 0.400. The molecule has 3 N–H and O–H groups in total. The van der Waals surface area contributed by atoms with Gasteiger partial charge in [0.15, 0.2) is 0 Å². The maximum absolute atomic E-state index is 12.5. The number of aryl methyl sites for hydroxylation is 1. The highest BCUT2D eigenvalue weighted by atomic mass is 16.4. The Morgan fingerprint density at radius 2 is 1.61 bits per heavy atom. The van der Waals surface area contributed by atoms with Crippen molar-refractivity contribution in [3.05, 3.63) is 59.2 Å². The Morgan fingerprint density at radius 1 is 0.970 bits per heavy atom. The molecule has 8 heteroatoms. The molecular formula is C25H32N4O4. The average Bonchev–Trinajstić information content (AvgIpc) is 2.73. The molecule has 1 fully saturated rings. The van der Waals surface area contributed by atoms with Crippen molar-refractivity contribution >= 4 is 29.2 Å². The summed E-state index contributed by atoms with van der Waals surface area (Å²) < 4.78 is 0. The summed E-state index contributed by atoms with van der Waals surface area (Å²) in [5.41, 5.74) is 2.46. The summed E-state index contributed by atoms with van der Waals surface area (Å²) in [7, 11) is 0. The molecule has 0 atom stereocenters. The van der Waals surface area contributed by atoms with Gasteiger partial charge in [-0.1, -0.05) is 17.7 Å². The van der Waals surface area contributed by atoms with Gasteiger partial charge in [-0.25, -0.2) is 4.79 Å². The molecule has 176 valence electrons. The molecule has 1 heterocycles. The van der Waals surface area contributed by atoms with Crippen molar-refractivity contribution in [2.75, 3.05) is 42.9 Å². The van der Waals surface area contributed by atoms with Gasteiger partial charge >= 0.3 is 5.97 Å². The Morgan fingerprint density at radius 3 is 2.18 bits per heavy atom. The SMILES string of the molecule is Cc1ccc(C(=O)Nc2ccc(N3CCN(CC(=O)NC(C)(C)C)CC3)c(C(=O)O)c2)cc1. The predicted molar refractivity (Wildman–Crippen MR) is 129 cm³/mol. The normalized spacial score (nSPS) is 14.6. The zero-order valence-electron chi connectivity index (χ0n) is 19.6. The Bertz CT molecular complexity index is 1020. The topological polar surface area (TPSA) is 102 Å². The Labute approximate surface area is 194 Å². The first-order valence-electron chi connectivity index (χ1n) is 11.1. The Balaban J connectivity index is 1.65. The van der Waals surface area contributed by atoms with E-state index in [0.717, 1.165) is 5.56 Å². The minimum atomic E-state index is -1.05. The molecule has 0 aliphatic carbocycles. The van der Waals surface area contributed by atoms with Crippen molar-refractivity contribution < 1.29 is 19.5 Å². The number of aromatic carboxylic acids is 1. The van der Waals surface area contributed by atoms with Crippen LogP contribution in [0.4, 0.5) is 11.4 Å². The van der Waals surface area contributed by atoms with Crippen LogP contribution in [0.25, 0.3) is 0 Å². The van der Waals surface area contributed by atoms with Gasteiger partial charge in [0.25, 0.3) is 5.91 Å². The summed E-state index contributed by atoms with van der Waals surface area (Å²) in [5.74, 6) is -1.36. The number of hydrogen-bond acceptors (Lipinski definition) is 5. The quantitative estimate of drug-likeness (QED) is 0.623. The Kier molecular flexibility index (Phi) is 7.38. The van der Waals surface area contributed by atoms with Crippen molar-refractivity contribution in [1.82, 2.24) is 10.2 Å². The van der Waals surface area contributed by atoms with Gasteiger partial charge in [-0.3, -0.25) is 14.5 Å². The van der Waals surface area contributed by atoms with Crippen molar-refractivity contribution in [2.45, 2.75) is 33.2 Å². The maximum Gasteiger partial charge on any atom is 0.337 e. The van der Waals surface area contributed by atoms with E-state index in [1.54, 1.807) is 24.3 Å². The number of anilines is 2. The zero-order valence-corrected chi connectivity index (χ0v) is 19.6. The molecule has 0 unspecified atom stereocenters. The fourth-order valence-corrected chi connectivity index (χ4v) is 3.78. The van der Waals surface area contributed by atoms with Crippen molar-refractivity contribution in [1.29, 1.82) is 0 Å². The summed E-state index contributed by atoms with van der Waals surface area (Å²) in [5, 5.41) is 15.5. The largest absolute Gasteiger partial charge is 0.478 e. The number of carbonyl (C=O) groups is 3. The second kappa shape index (κ2) is 10.0. The van der Waals surface area contributed by atoms with E-state index in [1.165, 1.54) is 6.07 Å². The standard InChI is InChI=1S/C25H32N4O4/c1-17-5-7-18(8-6-17)23(31)26-19-9-10-21(20(15-19)24(32)33)29-13-11-28(12-14-29)16-22(30)27-25(2,3)4/h5-10,15H,11-14,16H2,1-4H3,(H,26,31)(H,27,30)(H,32,33). The Hall–Kier alpha value is -3.39. The number of carbonyl (C=O) groups excluding carboxylic acids is 2. The molecule has 0 radical (unpaired) electrons. The first-order valence-corrected chi connectivity index (χ1v) is 11.1. The number of nitrogens with zero attached hydrogens (tertiary/aromatic N) is 2.